The summed E-state index contributed by atoms with van der Waals surface area (Å²) < 4.78 is 7.09. The van der Waals surface area contributed by atoms with Crippen molar-refractivity contribution in [3.8, 4) is 5.69 Å². The molecule has 0 aliphatic carbocycles. The lowest BCUT2D eigenvalue weighted by Gasteiger charge is -2.22. The average molecular weight is 324 g/mol. The number of carbonyl (C=O) groups excluding carboxylic acids is 1. The molecule has 1 aromatic heterocycles. The summed E-state index contributed by atoms with van der Waals surface area (Å²) in [4.78, 5) is 15.9. The molecule has 1 aliphatic rings. The second kappa shape index (κ2) is 7.88. The topological polar surface area (TPSA) is 81.1 Å². The first kappa shape index (κ1) is 16.4. The number of rotatable bonds is 4. The normalized spacial score (nSPS) is 17.5. The number of amides is 1. The highest BCUT2D eigenvalue weighted by atomic mass is 35.5. The highest BCUT2D eigenvalue weighted by Crippen LogP contribution is 2.09. The van der Waals surface area contributed by atoms with E-state index in [9.17, 15) is 4.79 Å². The molecule has 0 radical (unpaired) electrons. The molecular weight excluding hydrogens is 306 g/mol. The van der Waals surface area contributed by atoms with Crippen molar-refractivity contribution >= 4 is 18.3 Å². The molecule has 7 nitrogen and oxygen atoms in total. The lowest BCUT2D eigenvalue weighted by atomic mass is 10.2. The molecule has 2 aromatic rings. The monoisotopic (exact) mass is 323 g/mol. The van der Waals surface area contributed by atoms with E-state index >= 15 is 0 Å². The van der Waals surface area contributed by atoms with Gasteiger partial charge in [0, 0.05) is 19.6 Å². The number of carbonyl (C=O) groups is 1. The van der Waals surface area contributed by atoms with Crippen LogP contribution in [-0.4, -0.2) is 46.5 Å². The zero-order valence-corrected chi connectivity index (χ0v) is 12.8. The van der Waals surface area contributed by atoms with Crippen molar-refractivity contribution in [3.63, 3.8) is 0 Å². The zero-order chi connectivity index (χ0) is 14.5. The number of hydrogen-bond acceptors (Lipinski definition) is 5. The van der Waals surface area contributed by atoms with Gasteiger partial charge in [-0.05, 0) is 17.7 Å². The van der Waals surface area contributed by atoms with Crippen molar-refractivity contribution in [3.05, 3.63) is 42.5 Å². The van der Waals surface area contributed by atoms with Crippen molar-refractivity contribution in [2.45, 2.75) is 12.6 Å². The molecule has 2 heterocycles. The predicted molar refractivity (Wildman–Crippen MR) is 83.1 cm³/mol. The number of nitrogens with one attached hydrogen (secondary N) is 2. The third-order valence-corrected chi connectivity index (χ3v) is 3.28. The molecule has 1 atom stereocenters. The summed E-state index contributed by atoms with van der Waals surface area (Å²) in [5, 5.41) is 10.1. The summed E-state index contributed by atoms with van der Waals surface area (Å²) in [5.74, 6) is -0.0895. The van der Waals surface area contributed by atoms with E-state index < -0.39 is 6.10 Å². The van der Waals surface area contributed by atoms with Gasteiger partial charge in [-0.25, -0.2) is 9.67 Å². The Bertz CT molecular complexity index is 599. The van der Waals surface area contributed by atoms with Crippen LogP contribution in [-0.2, 0) is 16.1 Å². The summed E-state index contributed by atoms with van der Waals surface area (Å²) in [6.07, 6.45) is 2.72. The molecule has 0 spiro atoms. The standard InChI is InChI=1S/C14H17N5O2.ClH/c20-14(13-8-15-4-5-21-13)17-7-11-2-1-3-12(6-11)19-10-16-9-18-19;/h1-3,6,9-10,13,15H,4-5,7-8H2,(H,17,20);1H. The summed E-state index contributed by atoms with van der Waals surface area (Å²) in [6.45, 7) is 2.38. The minimum atomic E-state index is -0.405. The van der Waals surface area contributed by atoms with Gasteiger partial charge in [0.15, 0.2) is 0 Å². The van der Waals surface area contributed by atoms with E-state index in [4.69, 9.17) is 4.74 Å². The summed E-state index contributed by atoms with van der Waals surface area (Å²) in [6, 6.07) is 7.79. The molecule has 1 unspecified atom stereocenters. The molecular formula is C14H18ClN5O2. The van der Waals surface area contributed by atoms with Gasteiger partial charge in [-0.15, -0.1) is 12.4 Å². The van der Waals surface area contributed by atoms with Crippen molar-refractivity contribution in [1.29, 1.82) is 0 Å². The van der Waals surface area contributed by atoms with E-state index in [0.717, 1.165) is 17.8 Å². The van der Waals surface area contributed by atoms with Crippen molar-refractivity contribution in [1.82, 2.24) is 25.4 Å². The van der Waals surface area contributed by atoms with Gasteiger partial charge in [0.1, 0.15) is 18.8 Å². The van der Waals surface area contributed by atoms with E-state index in [1.54, 1.807) is 11.0 Å². The Morgan fingerprint density at radius 1 is 1.50 bits per heavy atom. The van der Waals surface area contributed by atoms with Gasteiger partial charge >= 0.3 is 0 Å². The fourth-order valence-corrected chi connectivity index (χ4v) is 2.19. The molecule has 1 aliphatic heterocycles. The summed E-state index contributed by atoms with van der Waals surface area (Å²) >= 11 is 0. The molecule has 0 bridgehead atoms. The van der Waals surface area contributed by atoms with Crippen LogP contribution in [0.2, 0.25) is 0 Å². The Kier molecular flexibility index (Phi) is 5.88. The minimum Gasteiger partial charge on any atom is -0.366 e. The fraction of sp³-hybridized carbons (Fsp3) is 0.357. The number of halogens is 1. The maximum Gasteiger partial charge on any atom is 0.250 e. The van der Waals surface area contributed by atoms with Crippen molar-refractivity contribution in [2.24, 2.45) is 0 Å². The van der Waals surface area contributed by atoms with Gasteiger partial charge < -0.3 is 15.4 Å². The summed E-state index contributed by atoms with van der Waals surface area (Å²) in [7, 11) is 0. The molecule has 1 amide bonds. The van der Waals surface area contributed by atoms with E-state index in [1.807, 2.05) is 24.3 Å². The Hall–Kier alpha value is -1.96. The van der Waals surface area contributed by atoms with Gasteiger partial charge in [-0.1, -0.05) is 12.1 Å². The lowest BCUT2D eigenvalue weighted by Crippen LogP contribution is -2.47. The smallest absolute Gasteiger partial charge is 0.250 e. The Morgan fingerprint density at radius 3 is 3.14 bits per heavy atom. The van der Waals surface area contributed by atoms with Crippen LogP contribution < -0.4 is 10.6 Å². The van der Waals surface area contributed by atoms with Gasteiger partial charge in [0.25, 0.3) is 5.91 Å². The first-order chi connectivity index (χ1) is 10.3. The Morgan fingerprint density at radius 2 is 2.41 bits per heavy atom. The summed E-state index contributed by atoms with van der Waals surface area (Å²) in [5.41, 5.74) is 1.91. The molecule has 8 heteroatoms. The van der Waals surface area contributed by atoms with Crippen LogP contribution in [0.4, 0.5) is 0 Å². The first-order valence-electron chi connectivity index (χ1n) is 6.87. The molecule has 2 N–H and O–H groups in total. The van der Waals surface area contributed by atoms with Gasteiger partial charge in [0.05, 0.1) is 12.3 Å². The average Bonchev–Trinajstić information content (AvgIpc) is 3.08. The van der Waals surface area contributed by atoms with Gasteiger partial charge in [-0.3, -0.25) is 4.79 Å². The van der Waals surface area contributed by atoms with Crippen LogP contribution in [0.15, 0.2) is 36.9 Å². The van der Waals surface area contributed by atoms with E-state index in [0.29, 0.717) is 19.7 Å². The Labute approximate surface area is 134 Å². The molecule has 1 aromatic carbocycles. The number of hydrogen-bond donors (Lipinski definition) is 2. The fourth-order valence-electron chi connectivity index (χ4n) is 2.19. The van der Waals surface area contributed by atoms with Crippen LogP contribution in [0.1, 0.15) is 5.56 Å². The number of morpholine rings is 1. The third-order valence-electron chi connectivity index (χ3n) is 3.28. The maximum absolute atomic E-state index is 12.0. The van der Waals surface area contributed by atoms with E-state index in [2.05, 4.69) is 20.7 Å². The quantitative estimate of drug-likeness (QED) is 0.845. The van der Waals surface area contributed by atoms with Crippen LogP contribution in [0, 0.1) is 0 Å². The zero-order valence-electron chi connectivity index (χ0n) is 11.9. The lowest BCUT2D eigenvalue weighted by molar-refractivity contribution is -0.134. The van der Waals surface area contributed by atoms with Crippen LogP contribution >= 0.6 is 12.4 Å². The molecule has 118 valence electrons. The van der Waals surface area contributed by atoms with Crippen molar-refractivity contribution < 1.29 is 9.53 Å². The first-order valence-corrected chi connectivity index (χ1v) is 6.87. The molecule has 1 saturated heterocycles. The highest BCUT2D eigenvalue weighted by Gasteiger charge is 2.21. The van der Waals surface area contributed by atoms with Crippen molar-refractivity contribution in [2.75, 3.05) is 19.7 Å². The largest absolute Gasteiger partial charge is 0.366 e. The molecule has 22 heavy (non-hydrogen) atoms. The number of nitrogens with zero attached hydrogens (tertiary/aromatic N) is 3. The SMILES string of the molecule is Cl.O=C(NCc1cccc(-n2cncn2)c1)C1CNCCO1. The van der Waals surface area contributed by atoms with Crippen LogP contribution in [0.5, 0.6) is 0 Å². The van der Waals surface area contributed by atoms with Gasteiger partial charge in [-0.2, -0.15) is 5.10 Å². The number of aromatic nitrogens is 3. The van der Waals surface area contributed by atoms with E-state index in [-0.39, 0.29) is 18.3 Å². The molecule has 0 saturated carbocycles. The predicted octanol–water partition coefficient (Wildman–Crippen LogP) is 0.294. The number of ether oxygens (including phenoxy) is 1. The highest BCUT2D eigenvalue weighted by molar-refractivity contribution is 5.85. The third kappa shape index (κ3) is 4.03. The maximum atomic E-state index is 12.0. The number of benzene rings is 1. The minimum absolute atomic E-state index is 0. The van der Waals surface area contributed by atoms with Crippen LogP contribution in [0.25, 0.3) is 5.69 Å². The Balaban J connectivity index is 0.00000176. The van der Waals surface area contributed by atoms with Gasteiger partial charge in [0.2, 0.25) is 0 Å². The molecule has 1 fully saturated rings. The second-order valence-corrected chi connectivity index (χ2v) is 4.79. The van der Waals surface area contributed by atoms with Crippen LogP contribution in [0.3, 0.4) is 0 Å². The molecule has 3 rings (SSSR count). The van der Waals surface area contributed by atoms with E-state index in [1.165, 1.54) is 6.33 Å². The second-order valence-electron chi connectivity index (χ2n) is 4.79.